The zero-order chi connectivity index (χ0) is 22.8. The van der Waals surface area contributed by atoms with Crippen LogP contribution in [-0.4, -0.2) is 43.0 Å². The lowest BCUT2D eigenvalue weighted by Crippen LogP contribution is -2.34. The lowest BCUT2D eigenvalue weighted by molar-refractivity contribution is -0.119. The Hall–Kier alpha value is -3.88. The van der Waals surface area contributed by atoms with Crippen molar-refractivity contribution in [3.8, 4) is 0 Å². The number of ether oxygens (including phenoxy) is 1. The Labute approximate surface area is 180 Å². The van der Waals surface area contributed by atoms with Crippen LogP contribution in [0.5, 0.6) is 0 Å². The Bertz CT molecular complexity index is 958. The van der Waals surface area contributed by atoms with E-state index >= 15 is 0 Å². The van der Waals surface area contributed by atoms with Gasteiger partial charge in [0.1, 0.15) is 0 Å². The second-order valence-electron chi connectivity index (χ2n) is 6.86. The van der Waals surface area contributed by atoms with E-state index < -0.39 is 24.5 Å². The number of hydrogen-bond acceptors (Lipinski definition) is 5. The van der Waals surface area contributed by atoms with Gasteiger partial charge in [0.2, 0.25) is 0 Å². The molecule has 2 aromatic rings. The van der Waals surface area contributed by atoms with Crippen molar-refractivity contribution in [1.82, 2.24) is 10.6 Å². The van der Waals surface area contributed by atoms with E-state index in [1.165, 1.54) is 12.1 Å². The molecule has 9 nitrogen and oxygen atoms in total. The number of urea groups is 1. The van der Waals surface area contributed by atoms with E-state index in [1.807, 2.05) is 20.8 Å². The molecule has 4 N–H and O–H groups in total. The van der Waals surface area contributed by atoms with Gasteiger partial charge in [-0.05, 0) is 51.1 Å². The fourth-order valence-corrected chi connectivity index (χ4v) is 2.60. The number of nitrogens with one attached hydrogen (secondary N) is 4. The van der Waals surface area contributed by atoms with Gasteiger partial charge < -0.3 is 26.0 Å². The Balaban J connectivity index is 1.96. The highest BCUT2D eigenvalue weighted by molar-refractivity contribution is 6.02. The quantitative estimate of drug-likeness (QED) is 0.483. The standard InChI is InChI=1S/C22H26N4O5/c1-4-23-20(28)15-8-7-9-16(12-15)25-19(27)13-31-21(29)17-10-5-6-11-18(17)26-22(30)24-14(2)3/h5-12,14H,4,13H2,1-3H3,(H,23,28)(H,25,27)(H2,24,26,30). The molecule has 0 bridgehead atoms. The second-order valence-corrected chi connectivity index (χ2v) is 6.86. The number of amides is 4. The van der Waals surface area contributed by atoms with Crippen molar-refractivity contribution in [2.45, 2.75) is 26.8 Å². The normalized spacial score (nSPS) is 10.2. The molecule has 0 radical (unpaired) electrons. The molecule has 0 aromatic heterocycles. The maximum atomic E-state index is 12.4. The van der Waals surface area contributed by atoms with E-state index in [2.05, 4.69) is 21.3 Å². The van der Waals surface area contributed by atoms with Gasteiger partial charge in [-0.2, -0.15) is 0 Å². The molecular formula is C22H26N4O5. The smallest absolute Gasteiger partial charge is 0.340 e. The van der Waals surface area contributed by atoms with E-state index in [9.17, 15) is 19.2 Å². The number of hydrogen-bond donors (Lipinski definition) is 4. The molecule has 9 heteroatoms. The van der Waals surface area contributed by atoms with E-state index in [0.717, 1.165) is 0 Å². The molecule has 2 rings (SSSR count). The monoisotopic (exact) mass is 426 g/mol. The molecule has 0 unspecified atom stereocenters. The molecular weight excluding hydrogens is 400 g/mol. The highest BCUT2D eigenvalue weighted by Crippen LogP contribution is 2.16. The Morgan fingerprint density at radius 1 is 0.968 bits per heavy atom. The lowest BCUT2D eigenvalue weighted by Gasteiger charge is -2.13. The van der Waals surface area contributed by atoms with Crippen molar-refractivity contribution in [3.63, 3.8) is 0 Å². The summed E-state index contributed by atoms with van der Waals surface area (Å²) in [6.45, 7) is 5.38. The summed E-state index contributed by atoms with van der Waals surface area (Å²) >= 11 is 0. The maximum Gasteiger partial charge on any atom is 0.340 e. The highest BCUT2D eigenvalue weighted by Gasteiger charge is 2.16. The van der Waals surface area contributed by atoms with Crippen molar-refractivity contribution >= 4 is 35.2 Å². The van der Waals surface area contributed by atoms with Crippen LogP contribution in [0.15, 0.2) is 48.5 Å². The first kappa shape index (κ1) is 23.4. The van der Waals surface area contributed by atoms with Crippen molar-refractivity contribution in [1.29, 1.82) is 0 Å². The maximum absolute atomic E-state index is 12.4. The molecule has 0 fully saturated rings. The van der Waals surface area contributed by atoms with Gasteiger partial charge in [-0.1, -0.05) is 18.2 Å². The van der Waals surface area contributed by atoms with Gasteiger partial charge in [0.25, 0.3) is 11.8 Å². The summed E-state index contributed by atoms with van der Waals surface area (Å²) in [5, 5.41) is 10.5. The van der Waals surface area contributed by atoms with Gasteiger partial charge >= 0.3 is 12.0 Å². The Kier molecular flexibility index (Phi) is 8.56. The first-order valence-corrected chi connectivity index (χ1v) is 9.82. The van der Waals surface area contributed by atoms with E-state index in [1.54, 1.807) is 36.4 Å². The lowest BCUT2D eigenvalue weighted by atomic mass is 10.2. The SMILES string of the molecule is CCNC(=O)c1cccc(NC(=O)COC(=O)c2ccccc2NC(=O)NC(C)C)c1. The molecule has 0 aliphatic carbocycles. The summed E-state index contributed by atoms with van der Waals surface area (Å²) in [6, 6.07) is 12.2. The van der Waals surface area contributed by atoms with Crippen LogP contribution in [0.1, 0.15) is 41.5 Å². The summed E-state index contributed by atoms with van der Waals surface area (Å²) in [5.41, 5.74) is 1.18. The number of anilines is 2. The molecule has 0 spiro atoms. The van der Waals surface area contributed by atoms with Crippen LogP contribution >= 0.6 is 0 Å². The molecule has 0 atom stereocenters. The van der Waals surface area contributed by atoms with Crippen LogP contribution in [0.4, 0.5) is 16.2 Å². The highest BCUT2D eigenvalue weighted by atomic mass is 16.5. The van der Waals surface area contributed by atoms with Gasteiger partial charge in [-0.3, -0.25) is 9.59 Å². The van der Waals surface area contributed by atoms with Gasteiger partial charge in [-0.15, -0.1) is 0 Å². The summed E-state index contributed by atoms with van der Waals surface area (Å²) in [6.07, 6.45) is 0. The molecule has 4 amide bonds. The summed E-state index contributed by atoms with van der Waals surface area (Å²) < 4.78 is 5.08. The topological polar surface area (TPSA) is 126 Å². The zero-order valence-electron chi connectivity index (χ0n) is 17.7. The van der Waals surface area contributed by atoms with Gasteiger partial charge in [0.05, 0.1) is 11.3 Å². The molecule has 0 aliphatic heterocycles. The van der Waals surface area contributed by atoms with E-state index in [-0.39, 0.29) is 23.2 Å². The average Bonchev–Trinajstić information content (AvgIpc) is 2.72. The summed E-state index contributed by atoms with van der Waals surface area (Å²) in [7, 11) is 0. The predicted molar refractivity (Wildman–Crippen MR) is 117 cm³/mol. The number of benzene rings is 2. The minimum absolute atomic E-state index is 0.0747. The molecule has 0 saturated heterocycles. The third-order valence-corrected chi connectivity index (χ3v) is 3.90. The first-order valence-electron chi connectivity index (χ1n) is 9.82. The largest absolute Gasteiger partial charge is 0.452 e. The van der Waals surface area contributed by atoms with Gasteiger partial charge in [0.15, 0.2) is 6.61 Å². The zero-order valence-corrected chi connectivity index (χ0v) is 17.7. The third kappa shape index (κ3) is 7.46. The van der Waals surface area contributed by atoms with Gasteiger partial charge in [-0.25, -0.2) is 9.59 Å². The fourth-order valence-electron chi connectivity index (χ4n) is 2.60. The fraction of sp³-hybridized carbons (Fsp3) is 0.273. The van der Waals surface area contributed by atoms with E-state index in [0.29, 0.717) is 17.8 Å². The van der Waals surface area contributed by atoms with Crippen molar-refractivity contribution in [2.24, 2.45) is 0 Å². The van der Waals surface area contributed by atoms with Crippen LogP contribution in [-0.2, 0) is 9.53 Å². The minimum atomic E-state index is -0.758. The van der Waals surface area contributed by atoms with Crippen LogP contribution in [0, 0.1) is 0 Å². The molecule has 0 saturated carbocycles. The molecule has 0 heterocycles. The average molecular weight is 426 g/mol. The summed E-state index contributed by atoms with van der Waals surface area (Å²) in [4.78, 5) is 48.4. The number of carbonyl (C=O) groups excluding carboxylic acids is 4. The molecule has 164 valence electrons. The predicted octanol–water partition coefficient (Wildman–Crippen LogP) is 2.76. The molecule has 0 aliphatic rings. The van der Waals surface area contributed by atoms with Crippen molar-refractivity contribution in [3.05, 3.63) is 59.7 Å². The van der Waals surface area contributed by atoms with Gasteiger partial charge in [0, 0.05) is 23.8 Å². The van der Waals surface area contributed by atoms with Crippen LogP contribution in [0.3, 0.4) is 0 Å². The molecule has 31 heavy (non-hydrogen) atoms. The Morgan fingerprint density at radius 3 is 2.42 bits per heavy atom. The Morgan fingerprint density at radius 2 is 1.71 bits per heavy atom. The van der Waals surface area contributed by atoms with Crippen molar-refractivity contribution < 1.29 is 23.9 Å². The third-order valence-electron chi connectivity index (χ3n) is 3.90. The van der Waals surface area contributed by atoms with Crippen molar-refractivity contribution in [2.75, 3.05) is 23.8 Å². The minimum Gasteiger partial charge on any atom is -0.452 e. The molecule has 2 aromatic carbocycles. The van der Waals surface area contributed by atoms with E-state index in [4.69, 9.17) is 4.74 Å². The van der Waals surface area contributed by atoms with Crippen LogP contribution in [0.25, 0.3) is 0 Å². The van der Waals surface area contributed by atoms with Crippen LogP contribution < -0.4 is 21.3 Å². The number of carbonyl (C=O) groups is 4. The first-order chi connectivity index (χ1) is 14.8. The number of esters is 1. The summed E-state index contributed by atoms with van der Waals surface area (Å²) in [5.74, 6) is -1.58. The second kappa shape index (κ2) is 11.3. The van der Waals surface area contributed by atoms with Crippen LogP contribution in [0.2, 0.25) is 0 Å². The number of para-hydroxylation sites is 1. The number of rotatable bonds is 8.